The van der Waals surface area contributed by atoms with Crippen LogP contribution in [0.3, 0.4) is 0 Å². The summed E-state index contributed by atoms with van der Waals surface area (Å²) in [5.41, 5.74) is 6.99. The van der Waals surface area contributed by atoms with Crippen LogP contribution in [-0.2, 0) is 0 Å². The SMILES string of the molecule is Nc1cnc2[nH]nc(I)c2c1. The van der Waals surface area contributed by atoms with E-state index in [1.54, 1.807) is 6.20 Å². The molecule has 0 saturated carbocycles. The Morgan fingerprint density at radius 2 is 2.36 bits per heavy atom. The van der Waals surface area contributed by atoms with Crippen LogP contribution in [0.15, 0.2) is 12.3 Å². The zero-order chi connectivity index (χ0) is 7.84. The average molecular weight is 260 g/mol. The van der Waals surface area contributed by atoms with Gasteiger partial charge in [0.05, 0.1) is 17.3 Å². The van der Waals surface area contributed by atoms with E-state index in [2.05, 4.69) is 37.8 Å². The molecule has 0 radical (unpaired) electrons. The van der Waals surface area contributed by atoms with Gasteiger partial charge in [0.25, 0.3) is 0 Å². The lowest BCUT2D eigenvalue weighted by atomic mass is 10.3. The number of hydrogen-bond donors (Lipinski definition) is 2. The van der Waals surface area contributed by atoms with Crippen molar-refractivity contribution in [1.29, 1.82) is 0 Å². The minimum Gasteiger partial charge on any atom is -0.397 e. The van der Waals surface area contributed by atoms with Gasteiger partial charge in [-0.2, -0.15) is 5.10 Å². The second-order valence-electron chi connectivity index (χ2n) is 2.18. The molecule has 2 rings (SSSR count). The zero-order valence-electron chi connectivity index (χ0n) is 5.50. The van der Waals surface area contributed by atoms with Crippen LogP contribution in [0.1, 0.15) is 0 Å². The number of nitrogens with zero attached hydrogens (tertiary/aromatic N) is 2. The van der Waals surface area contributed by atoms with E-state index in [1.807, 2.05) is 6.07 Å². The highest BCUT2D eigenvalue weighted by molar-refractivity contribution is 14.1. The first-order valence-corrected chi connectivity index (χ1v) is 4.10. The smallest absolute Gasteiger partial charge is 0.156 e. The van der Waals surface area contributed by atoms with Crippen LogP contribution in [0.4, 0.5) is 5.69 Å². The van der Waals surface area contributed by atoms with E-state index in [1.165, 1.54) is 0 Å². The molecule has 3 N–H and O–H groups in total. The van der Waals surface area contributed by atoms with Gasteiger partial charge in [0.2, 0.25) is 0 Å². The summed E-state index contributed by atoms with van der Waals surface area (Å²) in [6.45, 7) is 0. The van der Waals surface area contributed by atoms with Gasteiger partial charge in [-0.15, -0.1) is 0 Å². The van der Waals surface area contributed by atoms with Gasteiger partial charge < -0.3 is 5.73 Å². The summed E-state index contributed by atoms with van der Waals surface area (Å²) in [5, 5.41) is 7.75. The predicted molar refractivity (Wildman–Crippen MR) is 51.0 cm³/mol. The van der Waals surface area contributed by atoms with E-state index in [0.29, 0.717) is 5.69 Å². The fraction of sp³-hybridized carbons (Fsp3) is 0. The Labute approximate surface area is 76.3 Å². The second-order valence-corrected chi connectivity index (χ2v) is 3.20. The Morgan fingerprint density at radius 3 is 3.18 bits per heavy atom. The number of aromatic nitrogens is 3. The van der Waals surface area contributed by atoms with E-state index in [-0.39, 0.29) is 0 Å². The molecule has 56 valence electrons. The number of nitrogen functional groups attached to an aromatic ring is 1. The molecule has 4 nitrogen and oxygen atoms in total. The molecule has 5 heteroatoms. The van der Waals surface area contributed by atoms with Crippen molar-refractivity contribution in [3.63, 3.8) is 0 Å². The third-order valence-corrected chi connectivity index (χ3v) is 2.21. The van der Waals surface area contributed by atoms with E-state index in [4.69, 9.17) is 5.73 Å². The Hall–Kier alpha value is -0.850. The topological polar surface area (TPSA) is 67.6 Å². The lowest BCUT2D eigenvalue weighted by Gasteiger charge is -1.90. The minimum absolute atomic E-state index is 0.664. The number of nitrogens with two attached hydrogens (primary N) is 1. The van der Waals surface area contributed by atoms with Crippen molar-refractivity contribution in [2.45, 2.75) is 0 Å². The van der Waals surface area contributed by atoms with Crippen LogP contribution in [0, 0.1) is 3.70 Å². The highest BCUT2D eigenvalue weighted by Gasteiger charge is 2.02. The van der Waals surface area contributed by atoms with Gasteiger partial charge >= 0.3 is 0 Å². The van der Waals surface area contributed by atoms with Crippen molar-refractivity contribution in [1.82, 2.24) is 15.2 Å². The Morgan fingerprint density at radius 1 is 1.55 bits per heavy atom. The predicted octanol–water partition coefficient (Wildman–Crippen LogP) is 1.14. The van der Waals surface area contributed by atoms with Gasteiger partial charge in [0.1, 0.15) is 3.70 Å². The normalized spacial score (nSPS) is 10.6. The van der Waals surface area contributed by atoms with Crippen molar-refractivity contribution in [2.24, 2.45) is 0 Å². The number of nitrogens with one attached hydrogen (secondary N) is 1. The molecular weight excluding hydrogens is 255 g/mol. The van der Waals surface area contributed by atoms with Crippen molar-refractivity contribution in [2.75, 3.05) is 5.73 Å². The van der Waals surface area contributed by atoms with Gasteiger partial charge in [-0.25, -0.2) is 4.98 Å². The molecule has 0 fully saturated rings. The molecule has 0 atom stereocenters. The molecule has 0 unspecified atom stereocenters. The fourth-order valence-corrected chi connectivity index (χ4v) is 1.42. The quantitative estimate of drug-likeness (QED) is 0.698. The van der Waals surface area contributed by atoms with Crippen molar-refractivity contribution in [3.8, 4) is 0 Å². The van der Waals surface area contributed by atoms with Crippen molar-refractivity contribution >= 4 is 39.3 Å². The number of H-pyrrole nitrogens is 1. The van der Waals surface area contributed by atoms with Crippen LogP contribution in [0.2, 0.25) is 0 Å². The summed E-state index contributed by atoms with van der Waals surface area (Å²) in [7, 11) is 0. The van der Waals surface area contributed by atoms with Gasteiger partial charge in [0.15, 0.2) is 5.65 Å². The van der Waals surface area contributed by atoms with Crippen molar-refractivity contribution in [3.05, 3.63) is 16.0 Å². The molecule has 2 aromatic heterocycles. The molecule has 0 aromatic carbocycles. The summed E-state index contributed by atoms with van der Waals surface area (Å²) in [6, 6.07) is 1.85. The lowest BCUT2D eigenvalue weighted by molar-refractivity contribution is 1.08. The number of rotatable bonds is 0. The summed E-state index contributed by atoms with van der Waals surface area (Å²) in [6.07, 6.45) is 1.61. The molecule has 0 aliphatic heterocycles. The van der Waals surface area contributed by atoms with Gasteiger partial charge in [-0.05, 0) is 28.7 Å². The summed E-state index contributed by atoms with van der Waals surface area (Å²) < 4.78 is 0.900. The summed E-state index contributed by atoms with van der Waals surface area (Å²) >= 11 is 2.13. The Kier molecular flexibility index (Phi) is 1.45. The molecule has 11 heavy (non-hydrogen) atoms. The van der Waals surface area contributed by atoms with Gasteiger partial charge in [-0.3, -0.25) is 5.10 Å². The number of aromatic amines is 1. The number of hydrogen-bond acceptors (Lipinski definition) is 3. The van der Waals surface area contributed by atoms with E-state index >= 15 is 0 Å². The number of anilines is 1. The maximum atomic E-state index is 5.54. The van der Waals surface area contributed by atoms with Crippen LogP contribution in [0.25, 0.3) is 11.0 Å². The molecular formula is C6H5IN4. The number of halogens is 1. The molecule has 2 heterocycles. The Balaban J connectivity index is 2.87. The van der Waals surface area contributed by atoms with E-state index < -0.39 is 0 Å². The monoisotopic (exact) mass is 260 g/mol. The lowest BCUT2D eigenvalue weighted by Crippen LogP contribution is -1.85. The molecule has 0 aliphatic carbocycles. The largest absolute Gasteiger partial charge is 0.397 e. The first-order chi connectivity index (χ1) is 5.27. The standard InChI is InChI=1S/C6H5IN4/c7-5-4-1-3(8)2-9-6(4)11-10-5/h1-2H,8H2,(H,9,10,11). The Bertz CT molecular complexity index is 394. The van der Waals surface area contributed by atoms with Gasteiger partial charge in [-0.1, -0.05) is 0 Å². The average Bonchev–Trinajstić information content (AvgIpc) is 2.33. The highest BCUT2D eigenvalue weighted by atomic mass is 127. The first-order valence-electron chi connectivity index (χ1n) is 3.02. The second kappa shape index (κ2) is 2.33. The molecule has 0 spiro atoms. The third-order valence-electron chi connectivity index (χ3n) is 1.39. The van der Waals surface area contributed by atoms with Crippen LogP contribution < -0.4 is 5.73 Å². The maximum absolute atomic E-state index is 5.54. The van der Waals surface area contributed by atoms with E-state index in [9.17, 15) is 0 Å². The summed E-state index contributed by atoms with van der Waals surface area (Å²) in [5.74, 6) is 0. The van der Waals surface area contributed by atoms with Crippen LogP contribution in [0.5, 0.6) is 0 Å². The van der Waals surface area contributed by atoms with Crippen LogP contribution >= 0.6 is 22.6 Å². The first kappa shape index (κ1) is 6.84. The molecule has 0 amide bonds. The maximum Gasteiger partial charge on any atom is 0.156 e. The number of fused-ring (bicyclic) bond motifs is 1. The fourth-order valence-electron chi connectivity index (χ4n) is 0.890. The molecule has 0 saturated heterocycles. The molecule has 0 bridgehead atoms. The third kappa shape index (κ3) is 1.05. The van der Waals surface area contributed by atoms with Crippen LogP contribution in [-0.4, -0.2) is 15.2 Å². The van der Waals surface area contributed by atoms with E-state index in [0.717, 1.165) is 14.7 Å². The van der Waals surface area contributed by atoms with Gasteiger partial charge in [0, 0.05) is 0 Å². The minimum atomic E-state index is 0.664. The summed E-state index contributed by atoms with van der Waals surface area (Å²) in [4.78, 5) is 4.05. The molecule has 2 aromatic rings. The van der Waals surface area contributed by atoms with Crippen molar-refractivity contribution < 1.29 is 0 Å². The number of pyridine rings is 1. The molecule has 0 aliphatic rings. The zero-order valence-corrected chi connectivity index (χ0v) is 7.66. The highest BCUT2D eigenvalue weighted by Crippen LogP contribution is 2.17.